The van der Waals surface area contributed by atoms with E-state index in [4.69, 9.17) is 9.72 Å². The van der Waals surface area contributed by atoms with Gasteiger partial charge in [-0.2, -0.15) is 35.1 Å². The molecule has 0 atom stereocenters. The van der Waals surface area contributed by atoms with Crippen molar-refractivity contribution in [1.29, 1.82) is 0 Å². The van der Waals surface area contributed by atoms with Gasteiger partial charge in [0.05, 0.1) is 17.4 Å². The van der Waals surface area contributed by atoms with Gasteiger partial charge in [-0.3, -0.25) is 4.98 Å². The number of pyridine rings is 1. The van der Waals surface area contributed by atoms with Gasteiger partial charge < -0.3 is 9.64 Å². The first kappa shape index (κ1) is 49.2. The first-order valence-electron chi connectivity index (χ1n) is 24.0. The molecule has 0 radical (unpaired) electrons. The van der Waals surface area contributed by atoms with Crippen LogP contribution in [0.25, 0.3) is 75.2 Å². The Morgan fingerprint density at radius 2 is 0.961 bits per heavy atom. The predicted molar refractivity (Wildman–Crippen MR) is 299 cm³/mol. The highest BCUT2D eigenvalue weighted by molar-refractivity contribution is 7.24. The van der Waals surface area contributed by atoms with Crippen LogP contribution >= 0.6 is 45.7 Å². The van der Waals surface area contributed by atoms with E-state index < -0.39 is 28.9 Å². The zero-order valence-electron chi connectivity index (χ0n) is 40.3. The lowest BCUT2D eigenvalue weighted by Crippen LogP contribution is -2.48. The Labute approximate surface area is 449 Å². The third-order valence-electron chi connectivity index (χ3n) is 13.5. The second kappa shape index (κ2) is 19.5. The summed E-state index contributed by atoms with van der Waals surface area (Å²) in [5.74, 6) is -15.5. The molecule has 6 aromatic carbocycles. The summed E-state index contributed by atoms with van der Waals surface area (Å²) in [6, 6.07) is 59.4. The van der Waals surface area contributed by atoms with Crippen LogP contribution in [0, 0.1) is 13.8 Å². The summed E-state index contributed by atoms with van der Waals surface area (Å²) in [7, 11) is 0. The molecular weight excluding hydrogens is 1050 g/mol. The van der Waals surface area contributed by atoms with Crippen LogP contribution in [-0.2, 0) is 6.61 Å². The SMILES string of the molecule is Cc1sc(-c2ccc(OCc3ccc(-c4cnc(-c5ccc(N(c6ccccc6)c6ccccc6)cc5)c5nsnc45)cc3)cc2)cc1C1=C(c2cc(-c3ccc(-c4ccccc4)s3)sc2C)C(F)(F)C(F)(F)C1(F)F. The topological polar surface area (TPSA) is 51.1 Å². The van der Waals surface area contributed by atoms with E-state index in [-0.39, 0.29) is 27.5 Å². The van der Waals surface area contributed by atoms with Crippen molar-refractivity contribution in [2.75, 3.05) is 4.90 Å². The summed E-state index contributed by atoms with van der Waals surface area (Å²) < 4.78 is 111. The Kier molecular flexibility index (Phi) is 12.6. The second-order valence-electron chi connectivity index (χ2n) is 18.2. The number of hydrogen-bond donors (Lipinski definition) is 0. The van der Waals surface area contributed by atoms with Crippen molar-refractivity contribution in [3.05, 3.63) is 221 Å². The van der Waals surface area contributed by atoms with E-state index >= 15 is 26.3 Å². The van der Waals surface area contributed by atoms with E-state index in [1.54, 1.807) is 24.3 Å². The molecule has 0 N–H and O–H groups in total. The van der Waals surface area contributed by atoms with Crippen molar-refractivity contribution in [3.63, 3.8) is 0 Å². The number of thiophene rings is 3. The minimum atomic E-state index is -5.67. The van der Waals surface area contributed by atoms with Crippen molar-refractivity contribution in [2.24, 2.45) is 0 Å². The van der Waals surface area contributed by atoms with Gasteiger partial charge in [0.1, 0.15) is 23.4 Å². The zero-order chi connectivity index (χ0) is 52.3. The van der Waals surface area contributed by atoms with Gasteiger partial charge in [0.2, 0.25) is 0 Å². The highest BCUT2D eigenvalue weighted by Gasteiger charge is 2.80. The normalized spacial score (nSPS) is 14.6. The molecule has 5 heterocycles. The van der Waals surface area contributed by atoms with E-state index in [2.05, 4.69) is 62.2 Å². The van der Waals surface area contributed by atoms with Crippen LogP contribution in [0.4, 0.5) is 43.4 Å². The van der Waals surface area contributed by atoms with Crippen molar-refractivity contribution in [1.82, 2.24) is 13.7 Å². The standard InChI is InChI=1S/C61H40F6N4OS4/c1-36-47(54-55(60(64,65)61(66,67)59(54,62)63)48-33-53(74-37(48)2)51-31-30-50(75-51)40-12-6-3-7-13-40)32-52(73-36)41-24-28-46(29-25-41)72-35-38-18-20-39(21-19-38)49-34-68-56(58-57(49)69-76-70-58)42-22-26-45(27-23-42)71(43-14-8-4-9-15-43)44-16-10-5-11-17-44/h3-34H,35H2,1-2H3. The number of anilines is 3. The molecule has 0 saturated carbocycles. The Morgan fingerprint density at radius 1 is 0.461 bits per heavy atom. The molecule has 0 aliphatic heterocycles. The lowest BCUT2D eigenvalue weighted by Gasteiger charge is -2.25. The maximum absolute atomic E-state index is 16.1. The highest BCUT2D eigenvalue weighted by Crippen LogP contribution is 2.66. The van der Waals surface area contributed by atoms with Crippen LogP contribution in [0.2, 0.25) is 0 Å². The van der Waals surface area contributed by atoms with Crippen LogP contribution in [0.15, 0.2) is 194 Å². The van der Waals surface area contributed by atoms with E-state index in [0.29, 0.717) is 31.5 Å². The number of fused-ring (bicyclic) bond motifs is 1. The molecule has 15 heteroatoms. The van der Waals surface area contributed by atoms with Gasteiger partial charge in [-0.1, -0.05) is 103 Å². The van der Waals surface area contributed by atoms with Crippen LogP contribution in [0.5, 0.6) is 5.75 Å². The number of allylic oxidation sites excluding steroid dienone is 2. The summed E-state index contributed by atoms with van der Waals surface area (Å²) >= 11 is 4.71. The van der Waals surface area contributed by atoms with Crippen LogP contribution in [0.3, 0.4) is 0 Å². The van der Waals surface area contributed by atoms with Gasteiger partial charge in [-0.25, -0.2) is 0 Å². The quantitative estimate of drug-likeness (QED) is 0.108. The van der Waals surface area contributed by atoms with Crippen LogP contribution < -0.4 is 9.64 Å². The highest BCUT2D eigenvalue weighted by atomic mass is 32.1. The summed E-state index contributed by atoms with van der Waals surface area (Å²) in [6.45, 7) is 3.21. The number of ether oxygens (including phenoxy) is 1. The number of para-hydroxylation sites is 2. The van der Waals surface area contributed by atoms with E-state index in [1.807, 2.05) is 109 Å². The van der Waals surface area contributed by atoms with Gasteiger partial charge >= 0.3 is 17.8 Å². The molecule has 76 heavy (non-hydrogen) atoms. The number of rotatable bonds is 13. The van der Waals surface area contributed by atoms with Gasteiger partial charge in [0, 0.05) is 74.8 Å². The first-order valence-corrected chi connectivity index (χ1v) is 27.1. The molecule has 0 amide bonds. The fraction of sp³-hybridized carbons (Fsp3) is 0.0984. The molecule has 1 aliphatic rings. The molecule has 11 aromatic rings. The molecule has 0 bridgehead atoms. The van der Waals surface area contributed by atoms with Gasteiger partial charge in [0.15, 0.2) is 0 Å². The molecule has 5 nitrogen and oxygen atoms in total. The van der Waals surface area contributed by atoms with E-state index in [0.717, 1.165) is 95.4 Å². The lowest BCUT2D eigenvalue weighted by atomic mass is 9.94. The van der Waals surface area contributed by atoms with Crippen LogP contribution in [0.1, 0.15) is 26.4 Å². The number of alkyl halides is 6. The average molecular weight is 1090 g/mol. The molecule has 0 fully saturated rings. The number of nitrogens with zero attached hydrogens (tertiary/aromatic N) is 4. The maximum atomic E-state index is 16.1. The Hall–Kier alpha value is -7.69. The number of aryl methyl sites for hydroxylation is 2. The third-order valence-corrected chi connectivity index (χ3v) is 17.5. The fourth-order valence-corrected chi connectivity index (χ4v) is 13.3. The molecule has 5 aromatic heterocycles. The van der Waals surface area contributed by atoms with Crippen LogP contribution in [-0.4, -0.2) is 31.5 Å². The Morgan fingerprint density at radius 3 is 1.58 bits per heavy atom. The smallest absolute Gasteiger partial charge is 0.380 e. The van der Waals surface area contributed by atoms with E-state index in [9.17, 15) is 0 Å². The van der Waals surface area contributed by atoms with E-state index in [1.165, 1.54) is 37.3 Å². The monoisotopic (exact) mass is 1090 g/mol. The second-order valence-corrected chi connectivity index (χ2v) is 22.3. The minimum absolute atomic E-state index is 0.206. The average Bonchev–Trinajstić information content (AvgIpc) is 4.44. The van der Waals surface area contributed by atoms with Crippen molar-refractivity contribution in [3.8, 4) is 58.8 Å². The maximum Gasteiger partial charge on any atom is 0.380 e. The number of aromatic nitrogens is 3. The number of hydrogen-bond acceptors (Lipinski definition) is 9. The molecule has 0 unspecified atom stereocenters. The van der Waals surface area contributed by atoms with Gasteiger partial charge in [-0.05, 0) is 132 Å². The molecule has 12 rings (SSSR count). The molecule has 0 spiro atoms. The summed E-state index contributed by atoms with van der Waals surface area (Å²) in [4.78, 5) is 10.1. The first-order chi connectivity index (χ1) is 36.8. The predicted octanol–water partition coefficient (Wildman–Crippen LogP) is 19.1. The van der Waals surface area contributed by atoms with Crippen molar-refractivity contribution in [2.45, 2.75) is 38.2 Å². The Bertz CT molecular complexity index is 3890. The zero-order valence-corrected chi connectivity index (χ0v) is 43.5. The third kappa shape index (κ3) is 8.60. The lowest BCUT2D eigenvalue weighted by molar-refractivity contribution is -0.254. The van der Waals surface area contributed by atoms with Crippen molar-refractivity contribution < 1.29 is 31.1 Å². The summed E-state index contributed by atoms with van der Waals surface area (Å²) in [6.07, 6.45) is 1.83. The molecule has 1 aliphatic carbocycles. The summed E-state index contributed by atoms with van der Waals surface area (Å²) in [5.41, 5.74) is 7.01. The fourth-order valence-electron chi connectivity index (χ4n) is 9.61. The molecule has 376 valence electrons. The largest absolute Gasteiger partial charge is 0.489 e. The minimum Gasteiger partial charge on any atom is -0.489 e. The van der Waals surface area contributed by atoms with Gasteiger partial charge in [0.25, 0.3) is 0 Å². The number of halogens is 6. The number of benzene rings is 6. The van der Waals surface area contributed by atoms with Gasteiger partial charge in [-0.15, -0.1) is 34.0 Å². The molecule has 0 saturated heterocycles. The summed E-state index contributed by atoms with van der Waals surface area (Å²) in [5, 5.41) is 0. The van der Waals surface area contributed by atoms with Crippen molar-refractivity contribution >= 4 is 85.0 Å². The Balaban J connectivity index is 0.753. The molecular formula is C61H40F6N4OS4.